The van der Waals surface area contributed by atoms with E-state index in [9.17, 15) is 4.79 Å². The van der Waals surface area contributed by atoms with Crippen molar-refractivity contribution in [3.63, 3.8) is 0 Å². The van der Waals surface area contributed by atoms with Gasteiger partial charge in [-0.3, -0.25) is 9.78 Å². The van der Waals surface area contributed by atoms with Crippen molar-refractivity contribution in [2.45, 2.75) is 6.54 Å². The number of rotatable bonds is 5. The van der Waals surface area contributed by atoms with Gasteiger partial charge in [0.2, 0.25) is 5.82 Å². The van der Waals surface area contributed by atoms with Gasteiger partial charge in [-0.2, -0.15) is 4.98 Å². The number of halogens is 1. The van der Waals surface area contributed by atoms with Crippen LogP contribution in [0.2, 0.25) is 5.02 Å². The Morgan fingerprint density at radius 1 is 1.19 bits per heavy atom. The van der Waals surface area contributed by atoms with Gasteiger partial charge in [0.15, 0.2) is 5.01 Å². The fourth-order valence-corrected chi connectivity index (χ4v) is 3.22. The van der Waals surface area contributed by atoms with Gasteiger partial charge in [0, 0.05) is 34.9 Å². The minimum atomic E-state index is -0.293. The molecule has 1 amide bonds. The third-order valence-electron chi connectivity index (χ3n) is 3.66. The Morgan fingerprint density at radius 3 is 2.89 bits per heavy atom. The highest BCUT2D eigenvalue weighted by Crippen LogP contribution is 2.23. The summed E-state index contributed by atoms with van der Waals surface area (Å²) < 4.78 is 5.25. The maximum Gasteiger partial charge on any atom is 0.280 e. The Labute approximate surface area is 163 Å². The molecule has 4 rings (SSSR count). The van der Waals surface area contributed by atoms with Crippen molar-refractivity contribution in [3.8, 4) is 23.0 Å². The van der Waals surface area contributed by atoms with E-state index in [0.29, 0.717) is 28.1 Å². The molecular weight excluding hydrogens is 386 g/mol. The molecule has 0 aliphatic heterocycles. The third-order valence-corrected chi connectivity index (χ3v) is 4.87. The lowest BCUT2D eigenvalue weighted by Crippen LogP contribution is -2.22. The fraction of sp³-hybridized carbons (Fsp3) is 0.0556. The van der Waals surface area contributed by atoms with Crippen LogP contribution in [0.4, 0.5) is 0 Å². The van der Waals surface area contributed by atoms with E-state index in [1.165, 1.54) is 11.3 Å². The van der Waals surface area contributed by atoms with Gasteiger partial charge >= 0.3 is 0 Å². The molecule has 0 aliphatic carbocycles. The molecule has 7 nitrogen and oxygen atoms in total. The van der Waals surface area contributed by atoms with Crippen LogP contribution in [0.25, 0.3) is 23.0 Å². The number of thiazole rings is 1. The zero-order chi connectivity index (χ0) is 18.6. The first-order valence-corrected chi connectivity index (χ1v) is 9.18. The number of pyridine rings is 1. The zero-order valence-electron chi connectivity index (χ0n) is 13.8. The highest BCUT2D eigenvalue weighted by molar-refractivity contribution is 7.12. The Balaban J connectivity index is 1.46. The molecular formula is C18H12ClN5O2S. The number of nitrogens with one attached hydrogen (secondary N) is 1. The van der Waals surface area contributed by atoms with Crippen molar-refractivity contribution in [2.24, 2.45) is 0 Å². The molecule has 4 aromatic rings. The van der Waals surface area contributed by atoms with E-state index in [-0.39, 0.29) is 11.8 Å². The Morgan fingerprint density at radius 2 is 2.07 bits per heavy atom. The molecule has 0 spiro atoms. The normalized spacial score (nSPS) is 10.7. The average Bonchev–Trinajstić information content (AvgIpc) is 3.37. The van der Waals surface area contributed by atoms with Crippen LogP contribution in [0.3, 0.4) is 0 Å². The standard InChI is InChI=1S/C18H12ClN5O2S/c19-13-6-2-1-4-11(13)9-21-16(25)18-22-14(10-27-18)17-23-15(24-26-17)12-5-3-7-20-8-12/h1-8,10H,9H2,(H,21,25). The van der Waals surface area contributed by atoms with Crippen LogP contribution in [-0.4, -0.2) is 26.0 Å². The molecule has 27 heavy (non-hydrogen) atoms. The van der Waals surface area contributed by atoms with Gasteiger partial charge in [-0.05, 0) is 23.8 Å². The summed E-state index contributed by atoms with van der Waals surface area (Å²) in [6.07, 6.45) is 3.31. The number of carbonyl (C=O) groups excluding carboxylic acids is 1. The van der Waals surface area contributed by atoms with E-state index in [0.717, 1.165) is 11.1 Å². The number of aromatic nitrogens is 4. The van der Waals surface area contributed by atoms with E-state index in [1.807, 2.05) is 24.3 Å². The summed E-state index contributed by atoms with van der Waals surface area (Å²) in [7, 11) is 0. The smallest absolute Gasteiger partial charge is 0.280 e. The van der Waals surface area contributed by atoms with Crippen LogP contribution in [0.15, 0.2) is 58.7 Å². The monoisotopic (exact) mass is 397 g/mol. The van der Waals surface area contributed by atoms with Crippen molar-refractivity contribution >= 4 is 28.8 Å². The van der Waals surface area contributed by atoms with E-state index < -0.39 is 0 Å². The average molecular weight is 398 g/mol. The summed E-state index contributed by atoms with van der Waals surface area (Å²) in [5, 5.41) is 9.33. The molecule has 0 fully saturated rings. The van der Waals surface area contributed by atoms with Crippen molar-refractivity contribution < 1.29 is 9.32 Å². The zero-order valence-corrected chi connectivity index (χ0v) is 15.4. The number of amides is 1. The molecule has 1 N–H and O–H groups in total. The number of nitrogens with zero attached hydrogens (tertiary/aromatic N) is 4. The van der Waals surface area contributed by atoms with E-state index in [1.54, 1.807) is 29.9 Å². The van der Waals surface area contributed by atoms with Crippen LogP contribution in [-0.2, 0) is 6.54 Å². The van der Waals surface area contributed by atoms with Gasteiger partial charge in [-0.1, -0.05) is 35.0 Å². The van der Waals surface area contributed by atoms with Gasteiger partial charge in [0.25, 0.3) is 11.8 Å². The summed E-state index contributed by atoms with van der Waals surface area (Å²) in [6, 6.07) is 11.0. The Kier molecular flexibility index (Phi) is 4.91. The lowest BCUT2D eigenvalue weighted by molar-refractivity contribution is 0.0950. The van der Waals surface area contributed by atoms with Crippen LogP contribution in [0.5, 0.6) is 0 Å². The van der Waals surface area contributed by atoms with Crippen LogP contribution in [0.1, 0.15) is 15.4 Å². The summed E-state index contributed by atoms with van der Waals surface area (Å²) in [5.41, 5.74) is 2.02. The lowest BCUT2D eigenvalue weighted by Gasteiger charge is -2.04. The fourth-order valence-electron chi connectivity index (χ4n) is 2.31. The molecule has 0 saturated heterocycles. The van der Waals surface area contributed by atoms with E-state index >= 15 is 0 Å². The van der Waals surface area contributed by atoms with Gasteiger partial charge in [0.05, 0.1) is 0 Å². The SMILES string of the molecule is O=C(NCc1ccccc1Cl)c1nc(-c2nc(-c3cccnc3)no2)cs1. The third kappa shape index (κ3) is 3.86. The highest BCUT2D eigenvalue weighted by atomic mass is 35.5. The molecule has 0 atom stereocenters. The minimum absolute atomic E-state index is 0.246. The second-order valence-corrected chi connectivity index (χ2v) is 6.74. The van der Waals surface area contributed by atoms with Crippen molar-refractivity contribution in [2.75, 3.05) is 0 Å². The molecule has 3 heterocycles. The molecule has 134 valence electrons. The maximum atomic E-state index is 12.3. The number of hydrogen-bond donors (Lipinski definition) is 1. The molecule has 0 bridgehead atoms. The predicted octanol–water partition coefficient (Wildman–Crippen LogP) is 3.84. The molecule has 9 heteroatoms. The van der Waals surface area contributed by atoms with Crippen molar-refractivity contribution in [1.29, 1.82) is 0 Å². The highest BCUT2D eigenvalue weighted by Gasteiger charge is 2.17. The molecule has 0 aliphatic rings. The van der Waals surface area contributed by atoms with E-state index in [2.05, 4.69) is 25.4 Å². The van der Waals surface area contributed by atoms with Gasteiger partial charge in [-0.25, -0.2) is 4.98 Å². The summed E-state index contributed by atoms with van der Waals surface area (Å²) in [5.74, 6) is 0.365. The van der Waals surface area contributed by atoms with Crippen molar-refractivity contribution in [3.05, 3.63) is 69.8 Å². The Bertz CT molecular complexity index is 1080. The predicted molar refractivity (Wildman–Crippen MR) is 101 cm³/mol. The second-order valence-electron chi connectivity index (χ2n) is 5.48. The molecule has 3 aromatic heterocycles. The molecule has 0 unspecified atom stereocenters. The molecule has 0 saturated carbocycles. The molecule has 1 aromatic carbocycles. The quantitative estimate of drug-likeness (QED) is 0.550. The topological polar surface area (TPSA) is 93.8 Å². The Hall–Kier alpha value is -3.10. The molecule has 0 radical (unpaired) electrons. The number of benzene rings is 1. The van der Waals surface area contributed by atoms with Crippen LogP contribution in [0, 0.1) is 0 Å². The lowest BCUT2D eigenvalue weighted by atomic mass is 10.2. The number of hydrogen-bond acceptors (Lipinski definition) is 7. The van der Waals surface area contributed by atoms with Gasteiger partial charge in [-0.15, -0.1) is 11.3 Å². The van der Waals surface area contributed by atoms with Gasteiger partial charge in [0.1, 0.15) is 5.69 Å². The van der Waals surface area contributed by atoms with Crippen LogP contribution >= 0.6 is 22.9 Å². The second kappa shape index (κ2) is 7.65. The van der Waals surface area contributed by atoms with Crippen molar-refractivity contribution in [1.82, 2.24) is 25.4 Å². The number of carbonyl (C=O) groups is 1. The maximum absolute atomic E-state index is 12.3. The first-order chi connectivity index (χ1) is 13.2. The first kappa shape index (κ1) is 17.3. The largest absolute Gasteiger partial charge is 0.346 e. The summed E-state index contributed by atoms with van der Waals surface area (Å²) in [4.78, 5) is 24.9. The van der Waals surface area contributed by atoms with Crippen LogP contribution < -0.4 is 5.32 Å². The summed E-state index contributed by atoms with van der Waals surface area (Å²) in [6.45, 7) is 0.319. The van der Waals surface area contributed by atoms with E-state index in [4.69, 9.17) is 16.1 Å². The van der Waals surface area contributed by atoms with Gasteiger partial charge < -0.3 is 9.84 Å². The summed E-state index contributed by atoms with van der Waals surface area (Å²) >= 11 is 7.29. The minimum Gasteiger partial charge on any atom is -0.346 e. The first-order valence-electron chi connectivity index (χ1n) is 7.92.